The monoisotopic (exact) mass is 448 g/mol. The largest absolute Gasteiger partial charge is 0.316 e. The van der Waals surface area contributed by atoms with Gasteiger partial charge in [-0.3, -0.25) is 4.79 Å². The van der Waals surface area contributed by atoms with Crippen molar-refractivity contribution in [1.29, 1.82) is 0 Å². The zero-order valence-corrected chi connectivity index (χ0v) is 18.1. The zero-order valence-electron chi connectivity index (χ0n) is 15.7. The van der Waals surface area contributed by atoms with Gasteiger partial charge in [0.05, 0.1) is 17.5 Å². The number of aryl methyl sites for hydroxylation is 1. The minimum Gasteiger partial charge on any atom is -0.316 e. The molecule has 0 radical (unpaired) electrons. The maximum absolute atomic E-state index is 12.5. The summed E-state index contributed by atoms with van der Waals surface area (Å²) in [4.78, 5) is 18.8. The van der Waals surface area contributed by atoms with Crippen molar-refractivity contribution in [3.8, 4) is 0 Å². The highest BCUT2D eigenvalue weighted by atomic mass is 35.5. The highest BCUT2D eigenvalue weighted by Gasteiger charge is 2.49. The molecule has 0 aliphatic carbocycles. The van der Waals surface area contributed by atoms with Crippen molar-refractivity contribution in [3.05, 3.63) is 65.2 Å². The number of thioether (sulfide) groups is 1. The van der Waals surface area contributed by atoms with Gasteiger partial charge >= 0.3 is 0 Å². The van der Waals surface area contributed by atoms with Crippen molar-refractivity contribution in [1.82, 2.24) is 0 Å². The third kappa shape index (κ3) is 4.85. The first-order chi connectivity index (χ1) is 13.9. The number of amidine groups is 1. The molecule has 2 fully saturated rings. The van der Waals surface area contributed by atoms with Crippen LogP contribution in [-0.2, 0) is 21.1 Å². The van der Waals surface area contributed by atoms with Crippen LogP contribution in [0, 0.1) is 0 Å². The van der Waals surface area contributed by atoms with E-state index in [0.29, 0.717) is 16.6 Å². The Morgan fingerprint density at radius 2 is 1.83 bits per heavy atom. The Bertz CT molecular complexity index is 1020. The first-order valence-corrected chi connectivity index (χ1v) is 12.6. The number of rotatable bonds is 5. The summed E-state index contributed by atoms with van der Waals surface area (Å²) in [6, 6.07) is 17.0. The summed E-state index contributed by atoms with van der Waals surface area (Å²) < 4.78 is 24.2. The lowest BCUT2D eigenvalue weighted by molar-refractivity contribution is -0.117. The summed E-state index contributed by atoms with van der Waals surface area (Å²) in [6.07, 6.45) is 1.92. The van der Waals surface area contributed by atoms with E-state index in [0.717, 1.165) is 18.5 Å². The number of sulfone groups is 1. The molecule has 2 aromatic carbocycles. The quantitative estimate of drug-likeness (QED) is 0.692. The van der Waals surface area contributed by atoms with Crippen molar-refractivity contribution in [2.45, 2.75) is 30.6 Å². The molecular weight excluding hydrogens is 428 g/mol. The van der Waals surface area contributed by atoms with Crippen LogP contribution in [0.1, 0.15) is 18.4 Å². The number of halogens is 1. The van der Waals surface area contributed by atoms with Gasteiger partial charge in [-0.05, 0) is 42.7 Å². The molecule has 0 spiro atoms. The maximum atomic E-state index is 12.5. The standard InChI is InChI=1S/C21H21ClN2O3S2/c22-16-9-11-17(12-10-16)24-18-13-29(26,27)14-19(18)28-21(24)23-20(25)8-4-7-15-5-2-1-3-6-15/h1-3,5-6,9-12,18-19H,4,7-8,13-14H2/t18-,19+/m1/s1. The molecule has 0 saturated carbocycles. The molecule has 2 aromatic rings. The average molecular weight is 449 g/mol. The third-order valence-corrected chi connectivity index (χ3v) is 8.55. The van der Waals surface area contributed by atoms with Crippen molar-refractivity contribution < 1.29 is 13.2 Å². The van der Waals surface area contributed by atoms with E-state index >= 15 is 0 Å². The molecule has 29 heavy (non-hydrogen) atoms. The average Bonchev–Trinajstić information content (AvgIpc) is 3.14. The van der Waals surface area contributed by atoms with Crippen LogP contribution in [0.15, 0.2) is 59.6 Å². The van der Waals surface area contributed by atoms with E-state index in [1.807, 2.05) is 47.4 Å². The highest BCUT2D eigenvalue weighted by Crippen LogP contribution is 2.41. The minimum absolute atomic E-state index is 0.0779. The second-order valence-electron chi connectivity index (χ2n) is 7.27. The fourth-order valence-corrected chi connectivity index (χ4v) is 7.78. The summed E-state index contributed by atoms with van der Waals surface area (Å²) in [5, 5.41) is 1.08. The van der Waals surface area contributed by atoms with E-state index in [9.17, 15) is 13.2 Å². The minimum atomic E-state index is -3.08. The highest BCUT2D eigenvalue weighted by molar-refractivity contribution is 8.16. The van der Waals surface area contributed by atoms with Gasteiger partial charge in [0.1, 0.15) is 0 Å². The molecule has 152 valence electrons. The fourth-order valence-electron chi connectivity index (χ4n) is 3.72. The van der Waals surface area contributed by atoms with Crippen LogP contribution in [0.25, 0.3) is 0 Å². The van der Waals surface area contributed by atoms with E-state index in [2.05, 4.69) is 4.99 Å². The topological polar surface area (TPSA) is 66.8 Å². The van der Waals surface area contributed by atoms with Crippen LogP contribution in [0.5, 0.6) is 0 Å². The van der Waals surface area contributed by atoms with Gasteiger partial charge in [-0.1, -0.05) is 53.7 Å². The van der Waals surface area contributed by atoms with E-state index in [4.69, 9.17) is 11.6 Å². The molecule has 8 heteroatoms. The second kappa shape index (κ2) is 8.50. The van der Waals surface area contributed by atoms with Gasteiger partial charge in [0, 0.05) is 22.4 Å². The maximum Gasteiger partial charge on any atom is 0.248 e. The van der Waals surface area contributed by atoms with Crippen molar-refractivity contribution in [2.24, 2.45) is 4.99 Å². The Morgan fingerprint density at radius 1 is 1.10 bits per heavy atom. The molecule has 4 rings (SSSR count). The number of fused-ring (bicyclic) bond motifs is 1. The number of amides is 1. The van der Waals surface area contributed by atoms with Crippen LogP contribution in [0.4, 0.5) is 5.69 Å². The predicted molar refractivity (Wildman–Crippen MR) is 120 cm³/mol. The Balaban J connectivity index is 1.50. The van der Waals surface area contributed by atoms with Gasteiger partial charge in [0.15, 0.2) is 15.0 Å². The zero-order chi connectivity index (χ0) is 20.4. The molecule has 0 bridgehead atoms. The molecule has 2 aliphatic rings. The first kappa shape index (κ1) is 20.4. The summed E-state index contributed by atoms with van der Waals surface area (Å²) in [5.41, 5.74) is 2.01. The summed E-state index contributed by atoms with van der Waals surface area (Å²) in [7, 11) is -3.08. The number of nitrogens with zero attached hydrogens (tertiary/aromatic N) is 2. The SMILES string of the molecule is O=C(CCCc1ccccc1)N=C1S[C@H]2CS(=O)(=O)C[C@H]2N1c1ccc(Cl)cc1. The Morgan fingerprint density at radius 3 is 2.55 bits per heavy atom. The van der Waals surface area contributed by atoms with Crippen molar-refractivity contribution >= 4 is 50.0 Å². The van der Waals surface area contributed by atoms with E-state index in [1.165, 1.54) is 17.3 Å². The lowest BCUT2D eigenvalue weighted by Crippen LogP contribution is -2.37. The van der Waals surface area contributed by atoms with Crippen LogP contribution in [-0.4, -0.2) is 42.3 Å². The number of aliphatic imine (C=N–C) groups is 1. The smallest absolute Gasteiger partial charge is 0.248 e. The normalized spacial score (nSPS) is 24.0. The predicted octanol–water partition coefficient (Wildman–Crippen LogP) is 3.96. The van der Waals surface area contributed by atoms with Gasteiger partial charge in [0.2, 0.25) is 5.91 Å². The molecule has 2 saturated heterocycles. The van der Waals surface area contributed by atoms with Crippen LogP contribution >= 0.6 is 23.4 Å². The molecule has 2 atom stereocenters. The van der Waals surface area contributed by atoms with Gasteiger partial charge in [0.25, 0.3) is 0 Å². The van der Waals surface area contributed by atoms with Gasteiger partial charge < -0.3 is 4.90 Å². The molecule has 1 amide bonds. The lowest BCUT2D eigenvalue weighted by Gasteiger charge is -2.24. The van der Waals surface area contributed by atoms with Crippen molar-refractivity contribution in [2.75, 3.05) is 16.4 Å². The molecule has 0 unspecified atom stereocenters. The molecular formula is C21H21ClN2O3S2. The fraction of sp³-hybridized carbons (Fsp3) is 0.333. The van der Waals surface area contributed by atoms with Crippen LogP contribution < -0.4 is 4.90 Å². The molecule has 5 nitrogen and oxygen atoms in total. The third-order valence-electron chi connectivity index (χ3n) is 5.09. The summed E-state index contributed by atoms with van der Waals surface area (Å²) >= 11 is 7.39. The number of carbonyl (C=O) groups is 1. The first-order valence-electron chi connectivity index (χ1n) is 9.49. The number of hydrogen-bond acceptors (Lipinski definition) is 4. The molecule has 2 aliphatic heterocycles. The van der Waals surface area contributed by atoms with Gasteiger partial charge in [-0.2, -0.15) is 4.99 Å². The number of hydrogen-bond donors (Lipinski definition) is 0. The van der Waals surface area contributed by atoms with Crippen LogP contribution in [0.3, 0.4) is 0 Å². The Kier molecular flexibility index (Phi) is 5.99. The van der Waals surface area contributed by atoms with Gasteiger partial charge in [-0.25, -0.2) is 8.42 Å². The van der Waals surface area contributed by atoms with E-state index in [1.54, 1.807) is 12.1 Å². The summed E-state index contributed by atoms with van der Waals surface area (Å²) in [5.74, 6) is 0.0209. The number of anilines is 1. The Hall–Kier alpha value is -1.83. The number of benzene rings is 2. The van der Waals surface area contributed by atoms with Crippen molar-refractivity contribution in [3.63, 3.8) is 0 Å². The lowest BCUT2D eigenvalue weighted by atomic mass is 10.1. The van der Waals surface area contributed by atoms with E-state index in [-0.39, 0.29) is 28.7 Å². The number of carbonyl (C=O) groups excluding carboxylic acids is 1. The van der Waals surface area contributed by atoms with E-state index < -0.39 is 9.84 Å². The summed E-state index contributed by atoms with van der Waals surface area (Å²) in [6.45, 7) is 0. The van der Waals surface area contributed by atoms with Gasteiger partial charge in [-0.15, -0.1) is 0 Å². The molecule has 0 N–H and O–H groups in total. The molecule has 2 heterocycles. The van der Waals surface area contributed by atoms with Crippen LogP contribution in [0.2, 0.25) is 5.02 Å². The second-order valence-corrected chi connectivity index (χ2v) is 11.1. The molecule has 0 aromatic heterocycles. The Labute approximate surface area is 180 Å².